The lowest BCUT2D eigenvalue weighted by Gasteiger charge is -2.43. The maximum absolute atomic E-state index is 13.0. The highest BCUT2D eigenvalue weighted by atomic mass is 19.4. The van der Waals surface area contributed by atoms with Crippen LogP contribution in [-0.2, 0) is 0 Å². The molecule has 1 saturated heterocycles. The Kier molecular flexibility index (Phi) is 4.43. The lowest BCUT2D eigenvalue weighted by molar-refractivity contribution is -0.200. The van der Waals surface area contributed by atoms with Gasteiger partial charge in [0.15, 0.2) is 0 Å². The van der Waals surface area contributed by atoms with Crippen molar-refractivity contribution in [3.8, 4) is 0 Å². The molecule has 0 aliphatic carbocycles. The van der Waals surface area contributed by atoms with Crippen molar-refractivity contribution in [3.63, 3.8) is 0 Å². The molecule has 0 aromatic heterocycles. The molecular formula is C11H21F3N2O. The molecule has 3 unspecified atom stereocenters. The third kappa shape index (κ3) is 3.82. The second kappa shape index (κ2) is 5.12. The Labute approximate surface area is 99.8 Å². The Morgan fingerprint density at radius 2 is 2.06 bits per heavy atom. The fourth-order valence-electron chi connectivity index (χ4n) is 2.44. The van der Waals surface area contributed by atoms with Gasteiger partial charge in [-0.3, -0.25) is 4.90 Å². The molecule has 1 aliphatic rings. The van der Waals surface area contributed by atoms with Crippen molar-refractivity contribution in [3.05, 3.63) is 0 Å². The molecule has 0 spiro atoms. The minimum absolute atomic E-state index is 0.0326. The maximum atomic E-state index is 13.0. The van der Waals surface area contributed by atoms with Crippen molar-refractivity contribution in [1.29, 1.82) is 0 Å². The standard InChI is InChI=1S/C11H21F3N2O/c1-3-8(15)9(11(12,13)14)16-6-4-5-10(2,17)7-16/h8-9,17H,3-7,15H2,1-2H3. The van der Waals surface area contributed by atoms with Crippen LogP contribution in [0.15, 0.2) is 0 Å². The van der Waals surface area contributed by atoms with Crippen LogP contribution < -0.4 is 5.73 Å². The van der Waals surface area contributed by atoms with Crippen LogP contribution in [0.3, 0.4) is 0 Å². The third-order valence-electron chi connectivity index (χ3n) is 3.31. The zero-order valence-electron chi connectivity index (χ0n) is 10.3. The van der Waals surface area contributed by atoms with Gasteiger partial charge in [0, 0.05) is 12.6 Å². The Hall–Kier alpha value is -0.330. The van der Waals surface area contributed by atoms with Crippen LogP contribution >= 0.6 is 0 Å². The van der Waals surface area contributed by atoms with Crippen LogP contribution in [0, 0.1) is 0 Å². The summed E-state index contributed by atoms with van der Waals surface area (Å²) in [6.45, 7) is 3.59. The third-order valence-corrected chi connectivity index (χ3v) is 3.31. The van der Waals surface area contributed by atoms with Crippen LogP contribution in [0.2, 0.25) is 0 Å². The highest BCUT2D eigenvalue weighted by molar-refractivity contribution is 4.93. The van der Waals surface area contributed by atoms with Crippen LogP contribution in [0.5, 0.6) is 0 Å². The van der Waals surface area contributed by atoms with Gasteiger partial charge in [-0.2, -0.15) is 13.2 Å². The molecule has 0 radical (unpaired) electrons. The summed E-state index contributed by atoms with van der Waals surface area (Å²) in [7, 11) is 0. The van der Waals surface area contributed by atoms with Gasteiger partial charge in [-0.05, 0) is 32.7 Å². The summed E-state index contributed by atoms with van der Waals surface area (Å²) in [4.78, 5) is 1.28. The number of alkyl halides is 3. The summed E-state index contributed by atoms with van der Waals surface area (Å²) < 4.78 is 39.0. The molecule has 0 saturated carbocycles. The first-order chi connectivity index (χ1) is 7.67. The first-order valence-corrected chi connectivity index (χ1v) is 5.96. The highest BCUT2D eigenvalue weighted by Crippen LogP contribution is 2.32. The van der Waals surface area contributed by atoms with Crippen molar-refractivity contribution in [2.45, 2.75) is 57.0 Å². The van der Waals surface area contributed by atoms with Gasteiger partial charge in [0.1, 0.15) is 6.04 Å². The largest absolute Gasteiger partial charge is 0.405 e. The molecule has 0 amide bonds. The molecule has 0 bridgehead atoms. The van der Waals surface area contributed by atoms with Gasteiger partial charge in [-0.25, -0.2) is 0 Å². The molecular weight excluding hydrogens is 233 g/mol. The van der Waals surface area contributed by atoms with Crippen LogP contribution in [0.1, 0.15) is 33.1 Å². The predicted octanol–water partition coefficient (Wildman–Crippen LogP) is 1.50. The van der Waals surface area contributed by atoms with E-state index in [1.165, 1.54) is 4.90 Å². The smallest absolute Gasteiger partial charge is 0.389 e. The minimum atomic E-state index is -4.34. The molecule has 102 valence electrons. The monoisotopic (exact) mass is 254 g/mol. The van der Waals surface area contributed by atoms with E-state index < -0.39 is 23.9 Å². The normalized spacial score (nSPS) is 31.2. The summed E-state index contributed by atoms with van der Waals surface area (Å²) in [6, 6.07) is -2.59. The number of β-amino-alcohol motifs (C(OH)–C–C–N with tert-alkyl or cyclic N) is 1. The zero-order chi connectivity index (χ0) is 13.3. The summed E-state index contributed by atoms with van der Waals surface area (Å²) in [5.41, 5.74) is 4.53. The summed E-state index contributed by atoms with van der Waals surface area (Å²) in [6.07, 6.45) is -2.98. The molecule has 1 heterocycles. The summed E-state index contributed by atoms with van der Waals surface area (Å²) >= 11 is 0. The van der Waals surface area contributed by atoms with Crippen molar-refractivity contribution in [2.24, 2.45) is 5.73 Å². The molecule has 3 nitrogen and oxygen atoms in total. The molecule has 1 fully saturated rings. The highest BCUT2D eigenvalue weighted by Gasteiger charge is 2.48. The lowest BCUT2D eigenvalue weighted by atomic mass is 9.92. The van der Waals surface area contributed by atoms with Crippen molar-refractivity contribution >= 4 is 0 Å². The Morgan fingerprint density at radius 1 is 1.47 bits per heavy atom. The molecule has 3 N–H and O–H groups in total. The molecule has 1 rings (SSSR count). The molecule has 1 aliphatic heterocycles. The fourth-order valence-corrected chi connectivity index (χ4v) is 2.44. The number of nitrogens with two attached hydrogens (primary N) is 1. The van der Waals surface area contributed by atoms with Gasteiger partial charge in [-0.1, -0.05) is 6.92 Å². The number of nitrogens with zero attached hydrogens (tertiary/aromatic N) is 1. The number of aliphatic hydroxyl groups is 1. The second-order valence-corrected chi connectivity index (χ2v) is 5.13. The van der Waals surface area contributed by atoms with Gasteiger partial charge in [0.25, 0.3) is 0 Å². The average molecular weight is 254 g/mol. The van der Waals surface area contributed by atoms with Crippen molar-refractivity contribution < 1.29 is 18.3 Å². The van der Waals surface area contributed by atoms with Crippen LogP contribution in [0.4, 0.5) is 13.2 Å². The molecule has 3 atom stereocenters. The predicted molar refractivity (Wildman–Crippen MR) is 59.5 cm³/mol. The first kappa shape index (κ1) is 14.7. The van der Waals surface area contributed by atoms with E-state index in [1.54, 1.807) is 13.8 Å². The van der Waals surface area contributed by atoms with Crippen LogP contribution in [-0.4, -0.2) is 47.0 Å². The first-order valence-electron chi connectivity index (χ1n) is 5.96. The molecule has 0 aromatic carbocycles. The Morgan fingerprint density at radius 3 is 2.47 bits per heavy atom. The number of halogens is 3. The molecule has 0 aromatic rings. The van der Waals surface area contributed by atoms with E-state index in [9.17, 15) is 18.3 Å². The van der Waals surface area contributed by atoms with Gasteiger partial charge >= 0.3 is 6.18 Å². The zero-order valence-corrected chi connectivity index (χ0v) is 10.3. The molecule has 17 heavy (non-hydrogen) atoms. The van der Waals surface area contributed by atoms with E-state index in [2.05, 4.69) is 0 Å². The van der Waals surface area contributed by atoms with Gasteiger partial charge in [0.05, 0.1) is 5.60 Å². The van der Waals surface area contributed by atoms with Gasteiger partial charge < -0.3 is 10.8 Å². The fraction of sp³-hybridized carbons (Fsp3) is 1.00. The Balaban J connectivity index is 2.83. The number of rotatable bonds is 3. The topological polar surface area (TPSA) is 49.5 Å². The van der Waals surface area contributed by atoms with Crippen molar-refractivity contribution in [2.75, 3.05) is 13.1 Å². The van der Waals surface area contributed by atoms with E-state index in [0.29, 0.717) is 19.4 Å². The van der Waals surface area contributed by atoms with E-state index in [0.717, 1.165) is 0 Å². The summed E-state index contributed by atoms with van der Waals surface area (Å²) in [5.74, 6) is 0. The number of likely N-dealkylation sites (tertiary alicyclic amines) is 1. The van der Waals surface area contributed by atoms with E-state index in [1.807, 2.05) is 0 Å². The van der Waals surface area contributed by atoms with Gasteiger partial charge in [-0.15, -0.1) is 0 Å². The van der Waals surface area contributed by atoms with E-state index in [-0.39, 0.29) is 13.0 Å². The van der Waals surface area contributed by atoms with Crippen LogP contribution in [0.25, 0.3) is 0 Å². The van der Waals surface area contributed by atoms with E-state index >= 15 is 0 Å². The molecule has 6 heteroatoms. The number of hydrogen-bond acceptors (Lipinski definition) is 3. The number of piperidine rings is 1. The van der Waals surface area contributed by atoms with Crippen molar-refractivity contribution in [1.82, 2.24) is 4.90 Å². The summed E-state index contributed by atoms with van der Waals surface area (Å²) in [5, 5.41) is 9.86. The maximum Gasteiger partial charge on any atom is 0.405 e. The quantitative estimate of drug-likeness (QED) is 0.802. The lowest BCUT2D eigenvalue weighted by Crippen LogP contribution is -2.61. The van der Waals surface area contributed by atoms with Gasteiger partial charge in [0.2, 0.25) is 0 Å². The average Bonchev–Trinajstić information content (AvgIpc) is 2.13. The Bertz CT molecular complexity index is 256. The minimum Gasteiger partial charge on any atom is -0.389 e. The SMILES string of the molecule is CCC(N)C(N1CCCC(C)(O)C1)C(F)(F)F. The number of hydrogen-bond donors (Lipinski definition) is 2. The van der Waals surface area contributed by atoms with E-state index in [4.69, 9.17) is 5.73 Å². The second-order valence-electron chi connectivity index (χ2n) is 5.13.